The molecule has 1 aromatic heterocycles. The third kappa shape index (κ3) is 6.23. The predicted molar refractivity (Wildman–Crippen MR) is 99.6 cm³/mol. The van der Waals surface area contributed by atoms with Crippen molar-refractivity contribution in [3.05, 3.63) is 48.0 Å². The Morgan fingerprint density at radius 3 is 2.52 bits per heavy atom. The lowest BCUT2D eigenvalue weighted by Gasteiger charge is -2.19. The average molecular weight is 344 g/mol. The molecule has 0 radical (unpaired) electrons. The lowest BCUT2D eigenvalue weighted by atomic mass is 10.1. The van der Waals surface area contributed by atoms with Crippen LogP contribution >= 0.6 is 0 Å². The molecule has 2 aromatic rings. The topological polar surface area (TPSA) is 68.2 Å². The van der Waals surface area contributed by atoms with Crippen molar-refractivity contribution < 1.29 is 9.53 Å². The molecule has 1 unspecified atom stereocenters. The van der Waals surface area contributed by atoms with Crippen LogP contribution in [0.2, 0.25) is 0 Å². The lowest BCUT2D eigenvalue weighted by Crippen LogP contribution is -2.27. The number of aromatic nitrogens is 2. The fraction of sp³-hybridized carbons (Fsp3) is 0.474. The van der Waals surface area contributed by atoms with Crippen LogP contribution in [0.5, 0.6) is 0 Å². The van der Waals surface area contributed by atoms with Crippen LogP contribution in [0, 0.1) is 0 Å². The maximum atomic E-state index is 11.7. The van der Waals surface area contributed by atoms with Gasteiger partial charge >= 0.3 is 6.09 Å². The Bertz CT molecular complexity index is 686. The van der Waals surface area contributed by atoms with Crippen LogP contribution in [0.15, 0.2) is 36.7 Å². The molecule has 6 nitrogen and oxygen atoms in total. The van der Waals surface area contributed by atoms with Gasteiger partial charge in [-0.15, -0.1) is 0 Å². The van der Waals surface area contributed by atoms with Crippen molar-refractivity contribution >= 4 is 11.8 Å². The summed E-state index contributed by atoms with van der Waals surface area (Å²) < 4.78 is 7.26. The van der Waals surface area contributed by atoms with Gasteiger partial charge in [0.15, 0.2) is 0 Å². The SMILES string of the molecule is CC(NCCc1ccc(NC(=O)OC(C)(C)C)cc1)c1nccn1C. The van der Waals surface area contributed by atoms with Gasteiger partial charge in [-0.05, 0) is 58.4 Å². The zero-order chi connectivity index (χ0) is 18.4. The van der Waals surface area contributed by atoms with Crippen LogP contribution in [0.4, 0.5) is 10.5 Å². The van der Waals surface area contributed by atoms with Crippen molar-refractivity contribution in [3.8, 4) is 0 Å². The van der Waals surface area contributed by atoms with Gasteiger partial charge in [0.1, 0.15) is 11.4 Å². The van der Waals surface area contributed by atoms with Crippen LogP contribution in [0.1, 0.15) is 45.1 Å². The first-order chi connectivity index (χ1) is 11.7. The summed E-state index contributed by atoms with van der Waals surface area (Å²) in [5.41, 5.74) is 1.43. The standard InChI is InChI=1S/C19H28N4O2/c1-14(17-21-12-13-23(17)5)20-11-10-15-6-8-16(9-7-15)22-18(24)25-19(2,3)4/h6-9,12-14,20H,10-11H2,1-5H3,(H,22,24). The van der Waals surface area contributed by atoms with Crippen molar-refractivity contribution in [2.24, 2.45) is 7.05 Å². The maximum absolute atomic E-state index is 11.7. The van der Waals surface area contributed by atoms with E-state index in [1.54, 1.807) is 0 Å². The molecular formula is C19H28N4O2. The van der Waals surface area contributed by atoms with Crippen LogP contribution < -0.4 is 10.6 Å². The van der Waals surface area contributed by atoms with Crippen LogP contribution in [-0.2, 0) is 18.2 Å². The Hall–Kier alpha value is -2.34. The second-order valence-corrected chi connectivity index (χ2v) is 7.15. The van der Waals surface area contributed by atoms with E-state index in [-0.39, 0.29) is 6.04 Å². The van der Waals surface area contributed by atoms with Crippen LogP contribution in [-0.4, -0.2) is 27.8 Å². The Labute approximate surface area is 149 Å². The fourth-order valence-corrected chi connectivity index (χ4v) is 2.49. The molecular weight excluding hydrogens is 316 g/mol. The summed E-state index contributed by atoms with van der Waals surface area (Å²) in [7, 11) is 2.00. The van der Waals surface area contributed by atoms with Gasteiger partial charge in [-0.2, -0.15) is 0 Å². The Morgan fingerprint density at radius 2 is 1.96 bits per heavy atom. The third-order valence-electron chi connectivity index (χ3n) is 3.71. The lowest BCUT2D eigenvalue weighted by molar-refractivity contribution is 0.0636. The smallest absolute Gasteiger partial charge is 0.412 e. The summed E-state index contributed by atoms with van der Waals surface area (Å²) in [6.07, 6.45) is 4.22. The summed E-state index contributed by atoms with van der Waals surface area (Å²) in [4.78, 5) is 16.1. The summed E-state index contributed by atoms with van der Waals surface area (Å²) in [6, 6.07) is 8.01. The van der Waals surface area contributed by atoms with E-state index in [1.165, 1.54) is 5.56 Å². The number of ether oxygens (including phenoxy) is 1. The minimum absolute atomic E-state index is 0.202. The van der Waals surface area contributed by atoms with Gasteiger partial charge in [0.05, 0.1) is 6.04 Å². The van der Waals surface area contributed by atoms with Gasteiger partial charge in [0.2, 0.25) is 0 Å². The first-order valence-corrected chi connectivity index (χ1v) is 8.54. The van der Waals surface area contributed by atoms with Gasteiger partial charge in [0.25, 0.3) is 0 Å². The molecule has 2 N–H and O–H groups in total. The number of amides is 1. The second kappa shape index (κ2) is 8.16. The van der Waals surface area contributed by atoms with Crippen molar-refractivity contribution in [2.45, 2.75) is 45.8 Å². The molecule has 2 rings (SSSR count). The van der Waals surface area contributed by atoms with E-state index in [0.29, 0.717) is 0 Å². The highest BCUT2D eigenvalue weighted by molar-refractivity contribution is 5.84. The highest BCUT2D eigenvalue weighted by Gasteiger charge is 2.16. The van der Waals surface area contributed by atoms with E-state index in [0.717, 1.165) is 24.5 Å². The van der Waals surface area contributed by atoms with Gasteiger partial charge in [-0.3, -0.25) is 5.32 Å². The molecule has 0 aliphatic heterocycles. The van der Waals surface area contributed by atoms with Gasteiger partial charge < -0.3 is 14.6 Å². The van der Waals surface area contributed by atoms with Crippen molar-refractivity contribution in [2.75, 3.05) is 11.9 Å². The van der Waals surface area contributed by atoms with Gasteiger partial charge in [0, 0.05) is 25.1 Å². The largest absolute Gasteiger partial charge is 0.444 e. The van der Waals surface area contributed by atoms with E-state index in [1.807, 2.05) is 69.0 Å². The summed E-state index contributed by atoms with van der Waals surface area (Å²) in [5.74, 6) is 1.02. The number of imidazole rings is 1. The monoisotopic (exact) mass is 344 g/mol. The fourth-order valence-electron chi connectivity index (χ4n) is 2.49. The number of carbonyl (C=O) groups is 1. The summed E-state index contributed by atoms with van der Waals surface area (Å²) in [6.45, 7) is 8.49. The molecule has 0 spiro atoms. The molecule has 0 fully saturated rings. The highest BCUT2D eigenvalue weighted by Crippen LogP contribution is 2.14. The number of benzene rings is 1. The van der Waals surface area contributed by atoms with E-state index in [2.05, 4.69) is 22.5 Å². The Kier molecular flexibility index (Phi) is 6.20. The van der Waals surface area contributed by atoms with Gasteiger partial charge in [-0.1, -0.05) is 12.1 Å². The number of carbonyl (C=O) groups excluding carboxylic acids is 1. The first-order valence-electron chi connectivity index (χ1n) is 8.54. The molecule has 136 valence electrons. The molecule has 1 aromatic carbocycles. The zero-order valence-corrected chi connectivity index (χ0v) is 15.7. The number of hydrogen-bond acceptors (Lipinski definition) is 4. The average Bonchev–Trinajstić information content (AvgIpc) is 2.93. The molecule has 25 heavy (non-hydrogen) atoms. The van der Waals surface area contributed by atoms with E-state index in [9.17, 15) is 4.79 Å². The van der Waals surface area contributed by atoms with Crippen molar-refractivity contribution in [1.82, 2.24) is 14.9 Å². The molecule has 1 heterocycles. The number of aryl methyl sites for hydroxylation is 1. The quantitative estimate of drug-likeness (QED) is 0.839. The van der Waals surface area contributed by atoms with E-state index >= 15 is 0 Å². The van der Waals surface area contributed by atoms with Crippen molar-refractivity contribution in [3.63, 3.8) is 0 Å². The molecule has 1 amide bonds. The first kappa shape index (κ1) is 19.0. The number of rotatable bonds is 6. The summed E-state index contributed by atoms with van der Waals surface area (Å²) in [5, 5.41) is 6.21. The van der Waals surface area contributed by atoms with Crippen LogP contribution in [0.25, 0.3) is 0 Å². The van der Waals surface area contributed by atoms with Crippen LogP contribution in [0.3, 0.4) is 0 Å². The molecule has 1 atom stereocenters. The molecule has 0 saturated heterocycles. The number of anilines is 1. The minimum Gasteiger partial charge on any atom is -0.444 e. The molecule has 6 heteroatoms. The Balaban J connectivity index is 1.78. The molecule has 0 bridgehead atoms. The van der Waals surface area contributed by atoms with Crippen molar-refractivity contribution in [1.29, 1.82) is 0 Å². The highest BCUT2D eigenvalue weighted by atomic mass is 16.6. The Morgan fingerprint density at radius 1 is 1.28 bits per heavy atom. The zero-order valence-electron chi connectivity index (χ0n) is 15.7. The molecule has 0 aliphatic carbocycles. The summed E-state index contributed by atoms with van der Waals surface area (Å²) >= 11 is 0. The molecule has 0 aliphatic rings. The maximum Gasteiger partial charge on any atom is 0.412 e. The number of hydrogen-bond donors (Lipinski definition) is 2. The number of nitrogens with one attached hydrogen (secondary N) is 2. The normalized spacial score (nSPS) is 12.7. The third-order valence-corrected chi connectivity index (χ3v) is 3.71. The van der Waals surface area contributed by atoms with E-state index in [4.69, 9.17) is 4.74 Å². The molecule has 0 saturated carbocycles. The predicted octanol–water partition coefficient (Wildman–Crippen LogP) is 3.66. The van der Waals surface area contributed by atoms with E-state index < -0.39 is 11.7 Å². The number of nitrogens with zero attached hydrogens (tertiary/aromatic N) is 2. The second-order valence-electron chi connectivity index (χ2n) is 7.15. The van der Waals surface area contributed by atoms with Gasteiger partial charge in [-0.25, -0.2) is 9.78 Å². The minimum atomic E-state index is -0.500.